The fourth-order valence-corrected chi connectivity index (χ4v) is 1.77. The fourth-order valence-electron chi connectivity index (χ4n) is 1.61. The predicted molar refractivity (Wildman–Crippen MR) is 62.9 cm³/mol. The number of alkyl halides is 1. The molecule has 0 amide bonds. The number of fused-ring (bicyclic) bond motifs is 1. The predicted octanol–water partition coefficient (Wildman–Crippen LogP) is 3.67. The van der Waals surface area contributed by atoms with E-state index in [0.717, 1.165) is 11.1 Å². The lowest BCUT2D eigenvalue weighted by Crippen LogP contribution is -1.92. The zero-order valence-corrected chi connectivity index (χ0v) is 9.81. The van der Waals surface area contributed by atoms with Crippen LogP contribution in [0.5, 0.6) is 5.75 Å². The number of aromatic nitrogens is 1. The molecule has 0 saturated heterocycles. The molecule has 0 atom stereocenters. The first-order valence-electron chi connectivity index (χ1n) is 4.85. The molecule has 0 spiro atoms. The number of benzene rings is 1. The number of ether oxygens (including phenoxy) is 1. The van der Waals surface area contributed by atoms with Crippen molar-refractivity contribution in [2.45, 2.75) is 13.6 Å². The van der Waals surface area contributed by atoms with Crippen molar-refractivity contribution < 1.29 is 9.13 Å². The van der Waals surface area contributed by atoms with Crippen LogP contribution in [-0.4, -0.2) is 12.1 Å². The standard InChI is InChI=1S/C12H11ClFNO/c1-7-10(13)5-9-3-8(6-14)4-11(16-2)12(9)15-7/h3-5H,6H2,1-2H3. The van der Waals surface area contributed by atoms with E-state index in [4.69, 9.17) is 16.3 Å². The summed E-state index contributed by atoms with van der Waals surface area (Å²) in [6, 6.07) is 5.17. The molecule has 1 heterocycles. The van der Waals surface area contributed by atoms with Crippen LogP contribution in [0, 0.1) is 6.92 Å². The molecule has 2 rings (SSSR count). The van der Waals surface area contributed by atoms with Gasteiger partial charge in [0.2, 0.25) is 0 Å². The van der Waals surface area contributed by atoms with Gasteiger partial charge in [-0.2, -0.15) is 0 Å². The van der Waals surface area contributed by atoms with Crippen LogP contribution in [0.2, 0.25) is 5.02 Å². The number of nitrogens with zero attached hydrogens (tertiary/aromatic N) is 1. The Morgan fingerprint density at radius 1 is 1.38 bits per heavy atom. The van der Waals surface area contributed by atoms with Crippen molar-refractivity contribution in [2.24, 2.45) is 0 Å². The maximum Gasteiger partial charge on any atom is 0.145 e. The Balaban J connectivity index is 2.79. The fraction of sp³-hybridized carbons (Fsp3) is 0.250. The molecule has 4 heteroatoms. The molecule has 0 radical (unpaired) electrons. The van der Waals surface area contributed by atoms with Crippen LogP contribution < -0.4 is 4.74 Å². The quantitative estimate of drug-likeness (QED) is 0.798. The van der Waals surface area contributed by atoms with Crippen LogP contribution in [0.25, 0.3) is 10.9 Å². The van der Waals surface area contributed by atoms with Crippen molar-refractivity contribution in [3.8, 4) is 5.75 Å². The van der Waals surface area contributed by atoms with Crippen LogP contribution in [-0.2, 0) is 6.67 Å². The lowest BCUT2D eigenvalue weighted by Gasteiger charge is -2.08. The second-order valence-electron chi connectivity index (χ2n) is 3.56. The molecule has 0 N–H and O–H groups in total. The van der Waals surface area contributed by atoms with Gasteiger partial charge in [-0.1, -0.05) is 11.6 Å². The minimum atomic E-state index is -0.530. The summed E-state index contributed by atoms with van der Waals surface area (Å²) in [7, 11) is 1.54. The van der Waals surface area contributed by atoms with Gasteiger partial charge in [-0.25, -0.2) is 9.37 Å². The van der Waals surface area contributed by atoms with Gasteiger partial charge in [0.15, 0.2) is 0 Å². The number of hydrogen-bond donors (Lipinski definition) is 0. The summed E-state index contributed by atoms with van der Waals surface area (Å²) in [6.45, 7) is 1.29. The third-order valence-electron chi connectivity index (χ3n) is 2.45. The molecule has 0 unspecified atom stereocenters. The second-order valence-corrected chi connectivity index (χ2v) is 3.97. The van der Waals surface area contributed by atoms with Crippen molar-refractivity contribution in [3.63, 3.8) is 0 Å². The number of pyridine rings is 1. The lowest BCUT2D eigenvalue weighted by atomic mass is 10.1. The molecule has 1 aromatic carbocycles. The van der Waals surface area contributed by atoms with Gasteiger partial charge in [0, 0.05) is 5.39 Å². The first-order chi connectivity index (χ1) is 7.65. The molecular formula is C12H11ClFNO. The summed E-state index contributed by atoms with van der Waals surface area (Å²) in [5, 5.41) is 1.37. The van der Waals surface area contributed by atoms with E-state index in [9.17, 15) is 4.39 Å². The molecule has 16 heavy (non-hydrogen) atoms. The average molecular weight is 240 g/mol. The molecular weight excluding hydrogens is 229 g/mol. The molecule has 0 bridgehead atoms. The molecule has 0 fully saturated rings. The van der Waals surface area contributed by atoms with E-state index in [2.05, 4.69) is 4.98 Å². The summed E-state index contributed by atoms with van der Waals surface area (Å²) in [4.78, 5) is 4.34. The highest BCUT2D eigenvalue weighted by Gasteiger charge is 2.08. The van der Waals surface area contributed by atoms with Gasteiger partial charge in [-0.15, -0.1) is 0 Å². The largest absolute Gasteiger partial charge is 0.494 e. The zero-order valence-electron chi connectivity index (χ0n) is 9.05. The highest BCUT2D eigenvalue weighted by Crippen LogP contribution is 2.29. The monoisotopic (exact) mass is 239 g/mol. The summed E-state index contributed by atoms with van der Waals surface area (Å²) in [6.07, 6.45) is 0. The summed E-state index contributed by atoms with van der Waals surface area (Å²) in [5.74, 6) is 0.574. The van der Waals surface area contributed by atoms with E-state index >= 15 is 0 Å². The molecule has 0 saturated carbocycles. The van der Waals surface area contributed by atoms with Gasteiger partial charge in [-0.3, -0.25) is 0 Å². The summed E-state index contributed by atoms with van der Waals surface area (Å²) >= 11 is 5.98. The van der Waals surface area contributed by atoms with Crippen LogP contribution >= 0.6 is 11.6 Å². The third-order valence-corrected chi connectivity index (χ3v) is 2.83. The maximum absolute atomic E-state index is 12.6. The highest BCUT2D eigenvalue weighted by molar-refractivity contribution is 6.31. The molecule has 0 aliphatic carbocycles. The van der Waals surface area contributed by atoms with Gasteiger partial charge < -0.3 is 4.74 Å². The van der Waals surface area contributed by atoms with Crippen LogP contribution in [0.15, 0.2) is 18.2 Å². The van der Waals surface area contributed by atoms with E-state index in [1.807, 2.05) is 6.92 Å². The highest BCUT2D eigenvalue weighted by atomic mass is 35.5. The Kier molecular flexibility index (Phi) is 2.97. The smallest absolute Gasteiger partial charge is 0.145 e. The van der Waals surface area contributed by atoms with E-state index in [-0.39, 0.29) is 0 Å². The van der Waals surface area contributed by atoms with Crippen LogP contribution in [0.1, 0.15) is 11.3 Å². The summed E-state index contributed by atoms with van der Waals surface area (Å²) in [5.41, 5.74) is 2.01. The van der Waals surface area contributed by atoms with E-state index in [1.54, 1.807) is 25.3 Å². The Hall–Kier alpha value is -1.35. The van der Waals surface area contributed by atoms with Crippen LogP contribution in [0.4, 0.5) is 4.39 Å². The Bertz CT molecular complexity index is 542. The van der Waals surface area contributed by atoms with Gasteiger partial charge in [-0.05, 0) is 30.7 Å². The van der Waals surface area contributed by atoms with Gasteiger partial charge in [0.25, 0.3) is 0 Å². The summed E-state index contributed by atoms with van der Waals surface area (Å²) < 4.78 is 17.8. The van der Waals surface area contributed by atoms with Crippen LogP contribution in [0.3, 0.4) is 0 Å². The molecule has 84 valence electrons. The number of aryl methyl sites for hydroxylation is 1. The lowest BCUT2D eigenvalue weighted by molar-refractivity contribution is 0.416. The Morgan fingerprint density at radius 2 is 2.12 bits per heavy atom. The minimum Gasteiger partial charge on any atom is -0.494 e. The molecule has 2 nitrogen and oxygen atoms in total. The minimum absolute atomic E-state index is 0.530. The van der Waals surface area contributed by atoms with Crippen molar-refractivity contribution in [2.75, 3.05) is 7.11 Å². The molecule has 1 aromatic heterocycles. The zero-order chi connectivity index (χ0) is 11.7. The van der Waals surface area contributed by atoms with Crippen molar-refractivity contribution >= 4 is 22.5 Å². The third kappa shape index (κ3) is 1.83. The molecule has 0 aliphatic heterocycles. The van der Waals surface area contributed by atoms with E-state index in [0.29, 0.717) is 21.9 Å². The van der Waals surface area contributed by atoms with Crippen molar-refractivity contribution in [1.29, 1.82) is 0 Å². The molecule has 2 aromatic rings. The van der Waals surface area contributed by atoms with E-state index in [1.165, 1.54) is 0 Å². The number of halogens is 2. The maximum atomic E-state index is 12.6. The van der Waals surface area contributed by atoms with E-state index < -0.39 is 6.67 Å². The Labute approximate surface area is 98.0 Å². The molecule has 0 aliphatic rings. The van der Waals surface area contributed by atoms with Gasteiger partial charge >= 0.3 is 0 Å². The van der Waals surface area contributed by atoms with Gasteiger partial charge in [0.1, 0.15) is 17.9 Å². The topological polar surface area (TPSA) is 22.1 Å². The SMILES string of the molecule is COc1cc(CF)cc2cc(Cl)c(C)nc12. The van der Waals surface area contributed by atoms with Gasteiger partial charge in [0.05, 0.1) is 17.8 Å². The average Bonchev–Trinajstić information content (AvgIpc) is 2.29. The normalized spacial score (nSPS) is 10.8. The Morgan fingerprint density at radius 3 is 2.75 bits per heavy atom. The first kappa shape index (κ1) is 11.1. The second kappa shape index (κ2) is 4.26. The number of hydrogen-bond acceptors (Lipinski definition) is 2. The number of methoxy groups -OCH3 is 1. The first-order valence-corrected chi connectivity index (χ1v) is 5.23. The van der Waals surface area contributed by atoms with Crippen molar-refractivity contribution in [1.82, 2.24) is 4.98 Å². The van der Waals surface area contributed by atoms with Crippen molar-refractivity contribution in [3.05, 3.63) is 34.5 Å². The number of rotatable bonds is 2.